The predicted octanol–water partition coefficient (Wildman–Crippen LogP) is 7.44. The minimum absolute atomic E-state index is 0.474. The lowest BCUT2D eigenvalue weighted by Crippen LogP contribution is -2.32. The second-order valence-corrected chi connectivity index (χ2v) is 8.01. The summed E-state index contributed by atoms with van der Waals surface area (Å²) in [5.41, 5.74) is 6.41. The lowest BCUT2D eigenvalue weighted by atomic mass is 9.80. The number of benzene rings is 2. The first kappa shape index (κ1) is 20.0. The number of pyridine rings is 1. The topological polar surface area (TPSA) is 22.1 Å². The van der Waals surface area contributed by atoms with Crippen LogP contribution >= 0.6 is 0 Å². The second-order valence-electron chi connectivity index (χ2n) is 8.01. The molecule has 2 aliphatic rings. The van der Waals surface area contributed by atoms with Crippen LogP contribution in [0.2, 0.25) is 0 Å². The van der Waals surface area contributed by atoms with E-state index in [-0.39, 0.29) is 0 Å². The minimum atomic E-state index is -0.474. The van der Waals surface area contributed by atoms with E-state index >= 15 is 0 Å². The van der Waals surface area contributed by atoms with E-state index in [1.54, 1.807) is 0 Å². The van der Waals surface area contributed by atoms with Gasteiger partial charge in [0.2, 0.25) is 0 Å². The number of allylic oxidation sites excluding steroid dienone is 6. The van der Waals surface area contributed by atoms with Crippen molar-refractivity contribution in [3.63, 3.8) is 0 Å². The molecule has 2 heteroatoms. The molecule has 1 unspecified atom stereocenters. The molecule has 0 N–H and O–H groups in total. The summed E-state index contributed by atoms with van der Waals surface area (Å²) in [5.74, 6) is 0.947. The largest absolute Gasteiger partial charge is 0.477 e. The lowest BCUT2D eigenvalue weighted by molar-refractivity contribution is 0.198. The van der Waals surface area contributed by atoms with Gasteiger partial charge in [-0.05, 0) is 42.3 Å². The van der Waals surface area contributed by atoms with Crippen LogP contribution in [0, 0.1) is 0 Å². The quantitative estimate of drug-likeness (QED) is 0.404. The molecule has 1 aliphatic carbocycles. The Kier molecular flexibility index (Phi) is 5.43. The molecular weight excluding hydrogens is 390 g/mol. The maximum absolute atomic E-state index is 6.55. The number of hydrogen-bond donors (Lipinski definition) is 0. The standard InChI is InChI=1S/C30H25NO/c1-2-3-9-20-30-22-23(17-19-27(30)26-13-6-7-15-29(26)32-30)16-18-24-11-4-5-12-25(24)28-14-8-10-21-31-28/h2-21H,22H2,1H3/b3-2-,18-16+,20-9?. The van der Waals surface area contributed by atoms with Gasteiger partial charge in [-0.1, -0.05) is 91.1 Å². The monoisotopic (exact) mass is 415 g/mol. The van der Waals surface area contributed by atoms with E-state index < -0.39 is 5.60 Å². The van der Waals surface area contributed by atoms with Crippen LogP contribution in [0.25, 0.3) is 22.9 Å². The predicted molar refractivity (Wildman–Crippen MR) is 133 cm³/mol. The lowest BCUT2D eigenvalue weighted by Gasteiger charge is -2.30. The molecular formula is C30H25NO. The van der Waals surface area contributed by atoms with Crippen molar-refractivity contribution < 1.29 is 4.74 Å². The number of fused-ring (bicyclic) bond motifs is 3. The molecule has 0 radical (unpaired) electrons. The normalized spacial score (nSPS) is 19.7. The van der Waals surface area contributed by atoms with Crippen LogP contribution in [-0.4, -0.2) is 10.6 Å². The van der Waals surface area contributed by atoms with Crippen LogP contribution in [-0.2, 0) is 0 Å². The zero-order chi connectivity index (χ0) is 21.8. The maximum Gasteiger partial charge on any atom is 0.157 e. The van der Waals surface area contributed by atoms with Crippen molar-refractivity contribution in [1.82, 2.24) is 4.98 Å². The Hall–Kier alpha value is -3.91. The van der Waals surface area contributed by atoms with Gasteiger partial charge in [0, 0.05) is 29.3 Å². The summed E-state index contributed by atoms with van der Waals surface area (Å²) in [6.45, 7) is 2.02. The molecule has 5 rings (SSSR count). The van der Waals surface area contributed by atoms with Gasteiger partial charge in [-0.3, -0.25) is 4.98 Å². The van der Waals surface area contributed by atoms with Gasteiger partial charge in [0.25, 0.3) is 0 Å². The molecule has 2 nitrogen and oxygen atoms in total. The van der Waals surface area contributed by atoms with Crippen molar-refractivity contribution in [3.8, 4) is 17.0 Å². The van der Waals surface area contributed by atoms with E-state index in [1.165, 1.54) is 16.7 Å². The molecule has 32 heavy (non-hydrogen) atoms. The maximum atomic E-state index is 6.55. The summed E-state index contributed by atoms with van der Waals surface area (Å²) < 4.78 is 6.55. The number of aromatic nitrogens is 1. The Morgan fingerprint density at radius 3 is 2.50 bits per heavy atom. The molecule has 1 aliphatic heterocycles. The number of hydrogen-bond acceptors (Lipinski definition) is 2. The average molecular weight is 416 g/mol. The van der Waals surface area contributed by atoms with Crippen LogP contribution in [0.5, 0.6) is 5.75 Å². The third-order valence-electron chi connectivity index (χ3n) is 5.90. The molecule has 2 aromatic carbocycles. The summed E-state index contributed by atoms with van der Waals surface area (Å²) in [6, 6.07) is 22.7. The first-order valence-electron chi connectivity index (χ1n) is 11.0. The highest BCUT2D eigenvalue weighted by Gasteiger charge is 2.43. The van der Waals surface area contributed by atoms with Gasteiger partial charge in [-0.2, -0.15) is 0 Å². The van der Waals surface area contributed by atoms with E-state index in [2.05, 4.69) is 90.0 Å². The molecule has 156 valence electrons. The van der Waals surface area contributed by atoms with E-state index in [4.69, 9.17) is 4.74 Å². The number of para-hydroxylation sites is 1. The van der Waals surface area contributed by atoms with Crippen LogP contribution in [0.3, 0.4) is 0 Å². The first-order chi connectivity index (χ1) is 15.8. The third-order valence-corrected chi connectivity index (χ3v) is 5.90. The van der Waals surface area contributed by atoms with Crippen LogP contribution in [0.15, 0.2) is 121 Å². The third kappa shape index (κ3) is 3.76. The minimum Gasteiger partial charge on any atom is -0.477 e. The Morgan fingerprint density at radius 2 is 1.66 bits per heavy atom. The molecule has 1 aromatic heterocycles. The highest BCUT2D eigenvalue weighted by Crippen LogP contribution is 2.49. The fourth-order valence-electron chi connectivity index (χ4n) is 4.39. The average Bonchev–Trinajstić information content (AvgIpc) is 3.17. The molecule has 0 spiro atoms. The first-order valence-corrected chi connectivity index (χ1v) is 11.0. The molecule has 2 heterocycles. The zero-order valence-corrected chi connectivity index (χ0v) is 18.1. The highest BCUT2D eigenvalue weighted by molar-refractivity contribution is 5.85. The van der Waals surface area contributed by atoms with Crippen molar-refractivity contribution >= 4 is 11.6 Å². The SMILES string of the molecule is C/C=C\C=CC12CC(/C=C/c3ccccc3-c3ccccn3)=CC=C1c1ccccc1O2. The van der Waals surface area contributed by atoms with Crippen molar-refractivity contribution in [1.29, 1.82) is 0 Å². The van der Waals surface area contributed by atoms with E-state index in [0.717, 1.165) is 29.0 Å². The van der Waals surface area contributed by atoms with Crippen molar-refractivity contribution in [2.75, 3.05) is 0 Å². The summed E-state index contributed by atoms with van der Waals surface area (Å²) >= 11 is 0. The van der Waals surface area contributed by atoms with Gasteiger partial charge in [0.15, 0.2) is 5.60 Å². The van der Waals surface area contributed by atoms with E-state index in [1.807, 2.05) is 43.5 Å². The summed E-state index contributed by atoms with van der Waals surface area (Å²) in [7, 11) is 0. The van der Waals surface area contributed by atoms with Crippen LogP contribution in [0.4, 0.5) is 0 Å². The Balaban J connectivity index is 1.49. The van der Waals surface area contributed by atoms with E-state index in [9.17, 15) is 0 Å². The molecule has 0 saturated carbocycles. The summed E-state index contributed by atoms with van der Waals surface area (Å²) in [4.78, 5) is 4.53. The molecule has 0 bridgehead atoms. The Morgan fingerprint density at radius 1 is 0.844 bits per heavy atom. The van der Waals surface area contributed by atoms with Crippen molar-refractivity contribution in [2.24, 2.45) is 0 Å². The number of nitrogens with zero attached hydrogens (tertiary/aromatic N) is 1. The molecule has 0 fully saturated rings. The molecule has 0 saturated heterocycles. The van der Waals surface area contributed by atoms with Crippen molar-refractivity contribution in [2.45, 2.75) is 18.9 Å². The van der Waals surface area contributed by atoms with Gasteiger partial charge in [0.05, 0.1) is 5.69 Å². The van der Waals surface area contributed by atoms with Crippen LogP contribution < -0.4 is 4.74 Å². The number of rotatable bonds is 5. The van der Waals surface area contributed by atoms with Gasteiger partial charge >= 0.3 is 0 Å². The van der Waals surface area contributed by atoms with Gasteiger partial charge < -0.3 is 4.74 Å². The van der Waals surface area contributed by atoms with Gasteiger partial charge in [0.1, 0.15) is 5.75 Å². The zero-order valence-electron chi connectivity index (χ0n) is 18.1. The van der Waals surface area contributed by atoms with Crippen molar-refractivity contribution in [3.05, 3.63) is 132 Å². The van der Waals surface area contributed by atoms with E-state index in [0.29, 0.717) is 0 Å². The van der Waals surface area contributed by atoms with Crippen LogP contribution in [0.1, 0.15) is 24.5 Å². The molecule has 3 aromatic rings. The fraction of sp³-hybridized carbons (Fsp3) is 0.100. The highest BCUT2D eigenvalue weighted by atomic mass is 16.5. The molecule has 0 amide bonds. The van der Waals surface area contributed by atoms with Gasteiger partial charge in [-0.15, -0.1) is 0 Å². The Labute approximate surface area is 189 Å². The smallest absolute Gasteiger partial charge is 0.157 e. The summed E-state index contributed by atoms with van der Waals surface area (Å²) in [6.07, 6.45) is 19.8. The fourth-order valence-corrected chi connectivity index (χ4v) is 4.39. The van der Waals surface area contributed by atoms with Gasteiger partial charge in [-0.25, -0.2) is 0 Å². The summed E-state index contributed by atoms with van der Waals surface area (Å²) in [5, 5.41) is 0. The second kappa shape index (κ2) is 8.68. The number of ether oxygens (including phenoxy) is 1. The molecule has 1 atom stereocenters. The Bertz CT molecular complexity index is 1280.